The molecule has 11 heteroatoms. The van der Waals surface area contributed by atoms with E-state index in [-0.39, 0.29) is 12.5 Å². The van der Waals surface area contributed by atoms with E-state index in [1.165, 1.54) is 0 Å². The lowest BCUT2D eigenvalue weighted by Gasteiger charge is -2.13. The first-order chi connectivity index (χ1) is 15.2. The molecule has 1 aromatic carbocycles. The van der Waals surface area contributed by atoms with E-state index in [2.05, 4.69) is 15.0 Å². The van der Waals surface area contributed by atoms with Crippen molar-refractivity contribution in [2.75, 3.05) is 39.2 Å². The van der Waals surface area contributed by atoms with E-state index in [9.17, 15) is 13.5 Å². The quantitative estimate of drug-likeness (QED) is 0.252. The molecule has 0 aliphatic carbocycles. The Morgan fingerprint density at radius 3 is 2.75 bits per heavy atom. The first kappa shape index (κ1) is 25.7. The fourth-order valence-electron chi connectivity index (χ4n) is 2.71. The summed E-state index contributed by atoms with van der Waals surface area (Å²) >= 11 is 1.64. The summed E-state index contributed by atoms with van der Waals surface area (Å²) in [5.74, 6) is 3.26. The maximum atomic E-state index is 11.6. The van der Waals surface area contributed by atoms with Gasteiger partial charge >= 0.3 is 0 Å². The number of furan rings is 1. The summed E-state index contributed by atoms with van der Waals surface area (Å²) in [6, 6.07) is 12.5. The van der Waals surface area contributed by atoms with E-state index >= 15 is 0 Å². The number of rotatable bonds is 11. The maximum absolute atomic E-state index is 11.6. The minimum Gasteiger partial charge on any atom is -0.464 e. The highest BCUT2D eigenvalue weighted by molar-refractivity contribution is 7.98. The number of hydrogen-bond donors (Lipinski definition) is 3. The number of guanidine groups is 1. The lowest BCUT2D eigenvalue weighted by atomic mass is 10.1. The van der Waals surface area contributed by atoms with E-state index in [0.29, 0.717) is 29.2 Å². The fourth-order valence-corrected chi connectivity index (χ4v) is 3.94. The molecule has 1 aromatic heterocycles. The second-order valence-corrected chi connectivity index (χ2v) is 10.3. The third kappa shape index (κ3) is 9.74. The van der Waals surface area contributed by atoms with Gasteiger partial charge in [-0.15, -0.1) is 0 Å². The second-order valence-electron chi connectivity index (χ2n) is 7.40. The lowest BCUT2D eigenvalue weighted by Crippen LogP contribution is -2.41. The molecule has 0 bridgehead atoms. The van der Waals surface area contributed by atoms with Gasteiger partial charge in [0.15, 0.2) is 0 Å². The molecule has 1 atom stereocenters. The Morgan fingerprint density at radius 2 is 2.06 bits per heavy atom. The molecule has 0 amide bonds. The van der Waals surface area contributed by atoms with Gasteiger partial charge < -0.3 is 19.7 Å². The van der Waals surface area contributed by atoms with Gasteiger partial charge in [0.05, 0.1) is 42.8 Å². The molecule has 3 N–H and O–H groups in total. The number of aliphatic hydroxyl groups excluding tert-OH is 1. The average molecular weight is 480 g/mol. The number of benzene rings is 1. The van der Waals surface area contributed by atoms with Crippen LogP contribution in [0.25, 0.3) is 0 Å². The lowest BCUT2D eigenvalue weighted by molar-refractivity contribution is 0.187. The van der Waals surface area contributed by atoms with Crippen molar-refractivity contribution in [3.63, 3.8) is 0 Å². The fraction of sp³-hybridized carbons (Fsp3) is 0.429. The standard InChI is InChI=1S/C21H29N5O4S2/c1-26(2)14-18-7-8-19(30-18)15-31-10-9-23-21(25-32(3,28)29)24-13-20(27)17-6-4-5-16(11-17)12-22/h4-8,11,20,27H,9-10,13-15H2,1-3H3,(H2,23,24,25). The zero-order chi connectivity index (χ0) is 23.6. The van der Waals surface area contributed by atoms with E-state index in [1.54, 1.807) is 36.0 Å². The third-order valence-electron chi connectivity index (χ3n) is 4.08. The van der Waals surface area contributed by atoms with Crippen LogP contribution in [0.4, 0.5) is 0 Å². The van der Waals surface area contributed by atoms with Gasteiger partial charge in [0.2, 0.25) is 16.0 Å². The number of nitrogens with zero attached hydrogens (tertiary/aromatic N) is 3. The molecule has 0 spiro atoms. The van der Waals surface area contributed by atoms with Crippen molar-refractivity contribution in [2.24, 2.45) is 4.99 Å². The Bertz CT molecular complexity index is 1040. The summed E-state index contributed by atoms with van der Waals surface area (Å²) in [5, 5.41) is 22.3. The smallest absolute Gasteiger partial charge is 0.232 e. The number of sulfonamides is 1. The molecule has 0 aliphatic heterocycles. The molecule has 0 saturated heterocycles. The van der Waals surface area contributed by atoms with Crippen molar-refractivity contribution in [3.05, 3.63) is 59.0 Å². The summed E-state index contributed by atoms with van der Waals surface area (Å²) in [7, 11) is 0.428. The van der Waals surface area contributed by atoms with Crippen LogP contribution in [0.2, 0.25) is 0 Å². The predicted octanol–water partition coefficient (Wildman–Crippen LogP) is 1.67. The van der Waals surface area contributed by atoms with Crippen LogP contribution in [-0.2, 0) is 22.3 Å². The van der Waals surface area contributed by atoms with Crippen LogP contribution < -0.4 is 10.0 Å². The van der Waals surface area contributed by atoms with Crippen LogP contribution in [0.15, 0.2) is 45.8 Å². The highest BCUT2D eigenvalue weighted by Gasteiger charge is 2.11. The topological polar surface area (TPSA) is 131 Å². The largest absolute Gasteiger partial charge is 0.464 e. The van der Waals surface area contributed by atoms with Crippen LogP contribution in [0.3, 0.4) is 0 Å². The Balaban J connectivity index is 1.86. The van der Waals surface area contributed by atoms with Crippen molar-refractivity contribution >= 4 is 27.7 Å². The first-order valence-corrected chi connectivity index (χ1v) is 12.9. The Kier molecular flexibility index (Phi) is 10.1. The SMILES string of the molecule is CN(C)Cc1ccc(CSCCNC(=NCC(O)c2cccc(C#N)c2)NS(C)(=O)=O)o1. The second kappa shape index (κ2) is 12.5. The molecule has 9 nitrogen and oxygen atoms in total. The summed E-state index contributed by atoms with van der Waals surface area (Å²) in [6.07, 6.45) is 0.0692. The van der Waals surface area contributed by atoms with Crippen LogP contribution in [-0.4, -0.2) is 63.6 Å². The van der Waals surface area contributed by atoms with Crippen molar-refractivity contribution in [1.29, 1.82) is 5.26 Å². The van der Waals surface area contributed by atoms with E-state index in [4.69, 9.17) is 9.68 Å². The molecule has 0 fully saturated rings. The molecule has 0 aliphatic rings. The van der Waals surface area contributed by atoms with Crippen LogP contribution >= 0.6 is 11.8 Å². The van der Waals surface area contributed by atoms with Gasteiger partial charge in [-0.1, -0.05) is 12.1 Å². The van der Waals surface area contributed by atoms with Gasteiger partial charge in [0.25, 0.3) is 0 Å². The van der Waals surface area contributed by atoms with Crippen molar-refractivity contribution in [1.82, 2.24) is 14.9 Å². The average Bonchev–Trinajstić information content (AvgIpc) is 3.16. The molecule has 2 aromatic rings. The van der Waals surface area contributed by atoms with Crippen LogP contribution in [0.5, 0.6) is 0 Å². The molecule has 32 heavy (non-hydrogen) atoms. The Hall–Kier alpha value is -2.52. The number of aliphatic imine (C=N–C) groups is 1. The summed E-state index contributed by atoms with van der Waals surface area (Å²) in [4.78, 5) is 6.21. The highest BCUT2D eigenvalue weighted by atomic mass is 32.2. The minimum atomic E-state index is -3.53. The molecular formula is C21H29N5O4S2. The number of nitriles is 1. The maximum Gasteiger partial charge on any atom is 0.232 e. The van der Waals surface area contributed by atoms with Crippen molar-refractivity contribution in [3.8, 4) is 6.07 Å². The van der Waals surface area contributed by atoms with E-state index in [1.807, 2.05) is 37.2 Å². The van der Waals surface area contributed by atoms with Gasteiger partial charge in [-0.3, -0.25) is 4.72 Å². The highest BCUT2D eigenvalue weighted by Crippen LogP contribution is 2.16. The van der Waals surface area contributed by atoms with Gasteiger partial charge in [-0.2, -0.15) is 17.0 Å². The third-order valence-corrected chi connectivity index (χ3v) is 5.62. The van der Waals surface area contributed by atoms with Gasteiger partial charge in [0.1, 0.15) is 11.5 Å². The first-order valence-electron chi connectivity index (χ1n) is 9.90. The number of nitrogens with one attached hydrogen (secondary N) is 2. The van der Waals surface area contributed by atoms with E-state index < -0.39 is 16.1 Å². The van der Waals surface area contributed by atoms with Gasteiger partial charge in [-0.25, -0.2) is 13.4 Å². The molecule has 0 radical (unpaired) electrons. The van der Waals surface area contributed by atoms with E-state index in [0.717, 1.165) is 24.3 Å². The van der Waals surface area contributed by atoms with Crippen LogP contribution in [0.1, 0.15) is 28.8 Å². The molecule has 1 heterocycles. The number of hydrogen-bond acceptors (Lipinski definition) is 8. The number of aliphatic hydroxyl groups is 1. The number of thioether (sulfide) groups is 1. The summed E-state index contributed by atoms with van der Waals surface area (Å²) in [5.41, 5.74) is 0.967. The van der Waals surface area contributed by atoms with Gasteiger partial charge in [-0.05, 0) is 43.9 Å². The molecular weight excluding hydrogens is 450 g/mol. The zero-order valence-corrected chi connectivity index (χ0v) is 20.0. The minimum absolute atomic E-state index is 0.0616. The molecule has 2 rings (SSSR count). The van der Waals surface area contributed by atoms with Crippen molar-refractivity contribution in [2.45, 2.75) is 18.4 Å². The Labute approximate surface area is 193 Å². The van der Waals surface area contributed by atoms with Crippen molar-refractivity contribution < 1.29 is 17.9 Å². The normalized spacial score (nSPS) is 13.1. The molecule has 0 saturated carbocycles. The summed E-state index contributed by atoms with van der Waals surface area (Å²) in [6.45, 7) is 1.15. The predicted molar refractivity (Wildman–Crippen MR) is 127 cm³/mol. The van der Waals surface area contributed by atoms with Gasteiger partial charge in [0, 0.05) is 12.3 Å². The monoisotopic (exact) mass is 479 g/mol. The summed E-state index contributed by atoms with van der Waals surface area (Å²) < 4.78 is 31.4. The molecule has 1 unspecified atom stereocenters. The Morgan fingerprint density at radius 1 is 1.31 bits per heavy atom. The zero-order valence-electron chi connectivity index (χ0n) is 18.4. The van der Waals surface area contributed by atoms with Crippen LogP contribution in [0, 0.1) is 11.3 Å². The molecule has 174 valence electrons.